The molecule has 0 fully saturated rings. The van der Waals surface area contributed by atoms with Crippen molar-refractivity contribution in [2.24, 2.45) is 0 Å². The number of halogens is 3. The second-order valence-electron chi connectivity index (χ2n) is 5.61. The van der Waals surface area contributed by atoms with Crippen molar-refractivity contribution in [2.75, 3.05) is 0 Å². The van der Waals surface area contributed by atoms with Crippen molar-refractivity contribution >= 4 is 5.91 Å². The molecule has 0 aliphatic carbocycles. The summed E-state index contributed by atoms with van der Waals surface area (Å²) < 4.78 is 37.6. The maximum Gasteiger partial charge on any atom is 0.416 e. The summed E-state index contributed by atoms with van der Waals surface area (Å²) in [6.07, 6.45) is -1.99. The maximum atomic E-state index is 12.5. The quantitative estimate of drug-likeness (QED) is 0.888. The van der Waals surface area contributed by atoms with E-state index < -0.39 is 11.7 Å². The number of carbonyl (C=O) groups excluding carboxylic acids is 1. The highest BCUT2D eigenvalue weighted by atomic mass is 19.4. The number of rotatable bonds is 5. The number of hydrogen-bond donors (Lipinski definition) is 1. The highest BCUT2D eigenvalue weighted by Crippen LogP contribution is 2.29. The molecule has 0 radical (unpaired) electrons. The molecule has 2 rings (SSSR count). The molecular formula is C18H19F3N2O. The molecule has 1 amide bonds. The number of aromatic nitrogens is 1. The molecule has 6 heteroatoms. The third-order valence-corrected chi connectivity index (χ3v) is 3.77. The summed E-state index contributed by atoms with van der Waals surface area (Å²) in [4.78, 5) is 16.5. The second kappa shape index (κ2) is 7.47. The Morgan fingerprint density at radius 1 is 1.21 bits per heavy atom. The maximum absolute atomic E-state index is 12.5. The van der Waals surface area contributed by atoms with Crippen molar-refractivity contribution in [3.8, 4) is 0 Å². The zero-order valence-corrected chi connectivity index (χ0v) is 13.5. The number of amides is 1. The molecule has 0 unspecified atom stereocenters. The molecular weight excluding hydrogens is 317 g/mol. The van der Waals surface area contributed by atoms with E-state index in [-0.39, 0.29) is 18.4 Å². The van der Waals surface area contributed by atoms with E-state index in [1.165, 1.54) is 12.1 Å². The fraction of sp³-hybridized carbons (Fsp3) is 0.333. The fourth-order valence-corrected chi connectivity index (χ4v) is 2.47. The van der Waals surface area contributed by atoms with Crippen LogP contribution in [0, 0.1) is 6.92 Å². The molecule has 0 saturated carbocycles. The summed E-state index contributed by atoms with van der Waals surface area (Å²) in [6, 6.07) is 8.17. The molecule has 0 aliphatic rings. The van der Waals surface area contributed by atoms with Gasteiger partial charge < -0.3 is 5.32 Å². The number of carbonyl (C=O) groups is 1. The minimum atomic E-state index is -4.37. The van der Waals surface area contributed by atoms with Gasteiger partial charge >= 0.3 is 6.18 Å². The van der Waals surface area contributed by atoms with Crippen LogP contribution in [0.5, 0.6) is 0 Å². The van der Waals surface area contributed by atoms with Gasteiger partial charge in [-0.15, -0.1) is 0 Å². The lowest BCUT2D eigenvalue weighted by atomic mass is 10.0. The molecule has 0 spiro atoms. The van der Waals surface area contributed by atoms with Crippen LogP contribution in [0.15, 0.2) is 42.6 Å². The van der Waals surface area contributed by atoms with Gasteiger partial charge in [0.25, 0.3) is 0 Å². The lowest BCUT2D eigenvalue weighted by Crippen LogP contribution is -2.30. The van der Waals surface area contributed by atoms with Crippen LogP contribution in [-0.4, -0.2) is 10.9 Å². The van der Waals surface area contributed by atoms with E-state index in [0.717, 1.165) is 23.4 Å². The van der Waals surface area contributed by atoms with E-state index in [1.54, 1.807) is 6.20 Å². The van der Waals surface area contributed by atoms with Crippen molar-refractivity contribution < 1.29 is 18.0 Å². The average Bonchev–Trinajstić information content (AvgIpc) is 2.53. The summed E-state index contributed by atoms with van der Waals surface area (Å²) >= 11 is 0. The van der Waals surface area contributed by atoms with Crippen LogP contribution in [0.3, 0.4) is 0 Å². The SMILES string of the molecule is CC[C@H](NC(=O)Cc1ccc(C(F)(F)F)cc1)c1ncccc1C. The van der Waals surface area contributed by atoms with Gasteiger partial charge in [-0.05, 0) is 42.7 Å². The molecule has 24 heavy (non-hydrogen) atoms. The first-order valence-electron chi connectivity index (χ1n) is 7.68. The number of pyridine rings is 1. The van der Waals surface area contributed by atoms with E-state index in [2.05, 4.69) is 10.3 Å². The molecule has 1 heterocycles. The zero-order valence-electron chi connectivity index (χ0n) is 13.5. The Morgan fingerprint density at radius 3 is 2.42 bits per heavy atom. The number of benzene rings is 1. The van der Waals surface area contributed by atoms with Crippen LogP contribution in [0.4, 0.5) is 13.2 Å². The van der Waals surface area contributed by atoms with E-state index >= 15 is 0 Å². The predicted molar refractivity (Wildman–Crippen MR) is 85.3 cm³/mol. The average molecular weight is 336 g/mol. The van der Waals surface area contributed by atoms with Crippen molar-refractivity contribution in [2.45, 2.75) is 38.9 Å². The van der Waals surface area contributed by atoms with Gasteiger partial charge in [0.05, 0.1) is 23.7 Å². The third-order valence-electron chi connectivity index (χ3n) is 3.77. The van der Waals surface area contributed by atoms with Crippen molar-refractivity contribution in [1.29, 1.82) is 0 Å². The molecule has 1 aromatic carbocycles. The topological polar surface area (TPSA) is 42.0 Å². The van der Waals surface area contributed by atoms with Crippen LogP contribution < -0.4 is 5.32 Å². The Morgan fingerprint density at radius 2 is 1.88 bits per heavy atom. The largest absolute Gasteiger partial charge is 0.416 e. The van der Waals surface area contributed by atoms with Crippen LogP contribution in [0.2, 0.25) is 0 Å². The first-order valence-corrected chi connectivity index (χ1v) is 7.68. The molecule has 0 saturated heterocycles. The zero-order chi connectivity index (χ0) is 17.7. The first-order chi connectivity index (χ1) is 11.3. The van der Waals surface area contributed by atoms with Gasteiger partial charge in [0, 0.05) is 6.20 Å². The molecule has 3 nitrogen and oxygen atoms in total. The van der Waals surface area contributed by atoms with Gasteiger partial charge in [-0.3, -0.25) is 9.78 Å². The summed E-state index contributed by atoms with van der Waals surface area (Å²) in [5, 5.41) is 2.89. The Labute approximate surface area is 138 Å². The normalized spacial score (nSPS) is 12.7. The Kier molecular flexibility index (Phi) is 5.59. The molecule has 1 N–H and O–H groups in total. The van der Waals surface area contributed by atoms with Crippen LogP contribution >= 0.6 is 0 Å². The lowest BCUT2D eigenvalue weighted by molar-refractivity contribution is -0.137. The van der Waals surface area contributed by atoms with E-state index in [1.807, 2.05) is 26.0 Å². The molecule has 128 valence electrons. The third kappa shape index (κ3) is 4.57. The van der Waals surface area contributed by atoms with E-state index in [0.29, 0.717) is 12.0 Å². The lowest BCUT2D eigenvalue weighted by Gasteiger charge is -2.18. The van der Waals surface area contributed by atoms with Crippen LogP contribution in [-0.2, 0) is 17.4 Å². The predicted octanol–water partition coefficient (Wildman–Crippen LogP) is 4.22. The Hall–Kier alpha value is -2.37. The Bertz CT molecular complexity index is 696. The monoisotopic (exact) mass is 336 g/mol. The number of hydrogen-bond acceptors (Lipinski definition) is 2. The summed E-state index contributed by atoms with van der Waals surface area (Å²) in [7, 11) is 0. The van der Waals surface area contributed by atoms with E-state index in [9.17, 15) is 18.0 Å². The Balaban J connectivity index is 2.03. The fourth-order valence-electron chi connectivity index (χ4n) is 2.47. The highest BCUT2D eigenvalue weighted by Gasteiger charge is 2.30. The smallest absolute Gasteiger partial charge is 0.347 e. The molecule has 1 atom stereocenters. The number of nitrogens with one attached hydrogen (secondary N) is 1. The summed E-state index contributed by atoms with van der Waals surface area (Å²) in [6.45, 7) is 3.87. The second-order valence-corrected chi connectivity index (χ2v) is 5.61. The van der Waals surface area contributed by atoms with Gasteiger partial charge in [0.15, 0.2) is 0 Å². The van der Waals surface area contributed by atoms with Gasteiger partial charge in [0.1, 0.15) is 0 Å². The molecule has 1 aromatic heterocycles. The van der Waals surface area contributed by atoms with Crippen molar-refractivity contribution in [3.05, 3.63) is 65.0 Å². The molecule has 0 aliphatic heterocycles. The van der Waals surface area contributed by atoms with Crippen LogP contribution in [0.1, 0.15) is 41.8 Å². The van der Waals surface area contributed by atoms with E-state index in [4.69, 9.17) is 0 Å². The minimum absolute atomic E-state index is 0.0283. The van der Waals surface area contributed by atoms with Gasteiger partial charge in [-0.2, -0.15) is 13.2 Å². The summed E-state index contributed by atoms with van der Waals surface area (Å²) in [5.41, 5.74) is 1.61. The van der Waals surface area contributed by atoms with Gasteiger partial charge in [-0.25, -0.2) is 0 Å². The minimum Gasteiger partial charge on any atom is -0.347 e. The first kappa shape index (κ1) is 18.0. The highest BCUT2D eigenvalue weighted by molar-refractivity contribution is 5.79. The summed E-state index contributed by atoms with van der Waals surface area (Å²) in [5.74, 6) is -0.244. The number of aryl methyl sites for hydroxylation is 1. The molecule has 0 bridgehead atoms. The number of nitrogens with zero attached hydrogens (tertiary/aromatic N) is 1. The van der Waals surface area contributed by atoms with Gasteiger partial charge in [0.2, 0.25) is 5.91 Å². The number of alkyl halides is 3. The van der Waals surface area contributed by atoms with Crippen molar-refractivity contribution in [3.63, 3.8) is 0 Å². The molecule has 2 aromatic rings. The van der Waals surface area contributed by atoms with Crippen LogP contribution in [0.25, 0.3) is 0 Å². The van der Waals surface area contributed by atoms with Gasteiger partial charge in [-0.1, -0.05) is 25.1 Å². The standard InChI is InChI=1S/C18H19F3N2O/c1-3-15(17-12(2)5-4-10-22-17)23-16(24)11-13-6-8-14(9-7-13)18(19,20)21/h4-10,15H,3,11H2,1-2H3,(H,23,24)/t15-/m0/s1. The van der Waals surface area contributed by atoms with Crippen molar-refractivity contribution in [1.82, 2.24) is 10.3 Å².